The van der Waals surface area contributed by atoms with E-state index in [0.717, 1.165) is 18.4 Å². The molecule has 1 amide bonds. The fourth-order valence-corrected chi connectivity index (χ4v) is 1.54. The highest BCUT2D eigenvalue weighted by atomic mass is 16.1. The molecule has 2 aromatic rings. The Morgan fingerprint density at radius 2 is 2.21 bits per heavy atom. The van der Waals surface area contributed by atoms with E-state index in [0.29, 0.717) is 17.4 Å². The minimum atomic E-state index is -0.113. The first-order valence-corrected chi connectivity index (χ1v) is 6.14. The molecule has 4 N–H and O–H groups in total. The Morgan fingerprint density at radius 1 is 1.37 bits per heavy atom. The van der Waals surface area contributed by atoms with Gasteiger partial charge in [-0.25, -0.2) is 0 Å². The van der Waals surface area contributed by atoms with Crippen molar-refractivity contribution >= 4 is 28.7 Å². The van der Waals surface area contributed by atoms with Crippen LogP contribution in [0.15, 0.2) is 6.20 Å². The lowest BCUT2D eigenvalue weighted by Gasteiger charge is -2.08. The van der Waals surface area contributed by atoms with Crippen LogP contribution in [0, 0.1) is 0 Å². The maximum atomic E-state index is 11.3. The van der Waals surface area contributed by atoms with Crippen LogP contribution in [-0.2, 0) is 4.79 Å². The predicted molar refractivity (Wildman–Crippen MR) is 73.0 cm³/mol. The van der Waals surface area contributed by atoms with Gasteiger partial charge in [0.2, 0.25) is 11.9 Å². The number of amides is 1. The monoisotopic (exact) mass is 263 g/mol. The quantitative estimate of drug-likeness (QED) is 0.598. The van der Waals surface area contributed by atoms with Crippen molar-refractivity contribution in [2.45, 2.75) is 13.3 Å². The van der Waals surface area contributed by atoms with Crippen LogP contribution >= 0.6 is 0 Å². The Morgan fingerprint density at radius 3 is 2.95 bits per heavy atom. The van der Waals surface area contributed by atoms with Crippen LogP contribution in [0.25, 0.3) is 11.0 Å². The van der Waals surface area contributed by atoms with Gasteiger partial charge < -0.3 is 16.0 Å². The second-order valence-corrected chi connectivity index (χ2v) is 3.98. The number of carbonyl (C=O) groups excluding carboxylic acids is 1. The van der Waals surface area contributed by atoms with Gasteiger partial charge in [0, 0.05) is 13.6 Å². The molecule has 0 saturated heterocycles. The number of nitrogens with one attached hydrogen (secondary N) is 4. The molecule has 0 aliphatic carbocycles. The fourth-order valence-electron chi connectivity index (χ4n) is 1.54. The van der Waals surface area contributed by atoms with Crippen molar-refractivity contribution < 1.29 is 4.79 Å². The molecule has 102 valence electrons. The van der Waals surface area contributed by atoms with Crippen LogP contribution in [-0.4, -0.2) is 46.2 Å². The SMILES string of the molecule is CCCNc1nc(NCC(=O)NC)c2cn[nH]c2n1. The van der Waals surface area contributed by atoms with Crippen molar-refractivity contribution in [2.75, 3.05) is 30.8 Å². The van der Waals surface area contributed by atoms with Crippen molar-refractivity contribution in [3.63, 3.8) is 0 Å². The van der Waals surface area contributed by atoms with Crippen molar-refractivity contribution in [1.82, 2.24) is 25.5 Å². The average molecular weight is 263 g/mol. The lowest BCUT2D eigenvalue weighted by atomic mass is 10.4. The molecular formula is C11H17N7O. The number of aromatic amines is 1. The molecular weight excluding hydrogens is 246 g/mol. The summed E-state index contributed by atoms with van der Waals surface area (Å²) in [6.45, 7) is 3.00. The Kier molecular flexibility index (Phi) is 4.11. The molecule has 0 aromatic carbocycles. The number of rotatable bonds is 6. The summed E-state index contributed by atoms with van der Waals surface area (Å²) in [6, 6.07) is 0. The summed E-state index contributed by atoms with van der Waals surface area (Å²) in [4.78, 5) is 19.9. The highest BCUT2D eigenvalue weighted by Crippen LogP contribution is 2.19. The van der Waals surface area contributed by atoms with Crippen molar-refractivity contribution in [2.24, 2.45) is 0 Å². The molecule has 0 radical (unpaired) electrons. The standard InChI is InChI=1S/C11H17N7O/c1-3-4-13-11-16-9(14-6-8(19)12-2)7-5-15-18-10(7)17-11/h5H,3-4,6H2,1-2H3,(H,12,19)(H3,13,14,15,16,17,18). The molecule has 0 bridgehead atoms. The molecule has 0 saturated carbocycles. The topological polar surface area (TPSA) is 108 Å². The van der Waals surface area contributed by atoms with E-state index >= 15 is 0 Å². The van der Waals surface area contributed by atoms with Crippen LogP contribution in [0.3, 0.4) is 0 Å². The molecule has 2 aromatic heterocycles. The summed E-state index contributed by atoms with van der Waals surface area (Å²) < 4.78 is 0. The number of hydrogen-bond acceptors (Lipinski definition) is 6. The van der Waals surface area contributed by atoms with Crippen molar-refractivity contribution in [1.29, 1.82) is 0 Å². The number of anilines is 2. The molecule has 19 heavy (non-hydrogen) atoms. The van der Waals surface area contributed by atoms with Gasteiger partial charge >= 0.3 is 0 Å². The van der Waals surface area contributed by atoms with E-state index < -0.39 is 0 Å². The molecule has 2 heterocycles. The van der Waals surface area contributed by atoms with E-state index in [4.69, 9.17) is 0 Å². The van der Waals surface area contributed by atoms with Crippen LogP contribution in [0.1, 0.15) is 13.3 Å². The fraction of sp³-hybridized carbons (Fsp3) is 0.455. The number of H-pyrrole nitrogens is 1. The maximum absolute atomic E-state index is 11.3. The predicted octanol–water partition coefficient (Wildman–Crippen LogP) is 0.333. The third-order valence-corrected chi connectivity index (χ3v) is 2.54. The Labute approximate surface area is 110 Å². The summed E-state index contributed by atoms with van der Waals surface area (Å²) in [5.74, 6) is 0.984. The second kappa shape index (κ2) is 5.98. The Bertz CT molecular complexity index is 565. The van der Waals surface area contributed by atoms with E-state index in [2.05, 4.69) is 43.0 Å². The lowest BCUT2D eigenvalue weighted by molar-refractivity contribution is -0.118. The van der Waals surface area contributed by atoms with Gasteiger partial charge in [-0.15, -0.1) is 0 Å². The normalized spacial score (nSPS) is 10.4. The smallest absolute Gasteiger partial charge is 0.239 e. The van der Waals surface area contributed by atoms with Gasteiger partial charge in [-0.05, 0) is 6.42 Å². The average Bonchev–Trinajstić information content (AvgIpc) is 2.90. The molecule has 0 fully saturated rings. The van der Waals surface area contributed by atoms with Crippen LogP contribution in [0.4, 0.5) is 11.8 Å². The first-order valence-electron chi connectivity index (χ1n) is 6.14. The van der Waals surface area contributed by atoms with E-state index in [1.54, 1.807) is 13.2 Å². The number of carbonyl (C=O) groups is 1. The van der Waals surface area contributed by atoms with Gasteiger partial charge in [0.1, 0.15) is 5.82 Å². The third kappa shape index (κ3) is 3.09. The molecule has 0 atom stereocenters. The highest BCUT2D eigenvalue weighted by Gasteiger charge is 2.09. The third-order valence-electron chi connectivity index (χ3n) is 2.54. The number of hydrogen-bond donors (Lipinski definition) is 4. The van der Waals surface area contributed by atoms with Gasteiger partial charge in [0.05, 0.1) is 18.1 Å². The number of fused-ring (bicyclic) bond motifs is 1. The zero-order valence-corrected chi connectivity index (χ0v) is 10.9. The van der Waals surface area contributed by atoms with Gasteiger partial charge in [0.15, 0.2) is 5.65 Å². The van der Waals surface area contributed by atoms with Crippen molar-refractivity contribution in [3.05, 3.63) is 6.20 Å². The summed E-state index contributed by atoms with van der Waals surface area (Å²) >= 11 is 0. The van der Waals surface area contributed by atoms with Crippen LogP contribution in [0.5, 0.6) is 0 Å². The summed E-state index contributed by atoms with van der Waals surface area (Å²) in [5.41, 5.74) is 0.632. The van der Waals surface area contributed by atoms with E-state index in [1.807, 2.05) is 0 Å². The number of nitrogens with zero attached hydrogens (tertiary/aromatic N) is 3. The van der Waals surface area contributed by atoms with Gasteiger partial charge in [0.25, 0.3) is 0 Å². The van der Waals surface area contributed by atoms with Crippen molar-refractivity contribution in [3.8, 4) is 0 Å². The van der Waals surface area contributed by atoms with E-state index in [1.165, 1.54) is 0 Å². The van der Waals surface area contributed by atoms with Crippen LogP contribution in [0.2, 0.25) is 0 Å². The van der Waals surface area contributed by atoms with Gasteiger partial charge in [-0.1, -0.05) is 6.92 Å². The van der Waals surface area contributed by atoms with Gasteiger partial charge in [-0.2, -0.15) is 15.1 Å². The van der Waals surface area contributed by atoms with E-state index in [9.17, 15) is 4.79 Å². The Hall–Kier alpha value is -2.38. The van der Waals surface area contributed by atoms with Gasteiger partial charge in [-0.3, -0.25) is 9.89 Å². The molecule has 8 nitrogen and oxygen atoms in total. The minimum absolute atomic E-state index is 0.113. The summed E-state index contributed by atoms with van der Waals surface area (Å²) in [6.07, 6.45) is 2.61. The maximum Gasteiger partial charge on any atom is 0.239 e. The number of likely N-dealkylation sites (N-methyl/N-ethyl adjacent to an activating group) is 1. The Balaban J connectivity index is 2.23. The highest BCUT2D eigenvalue weighted by molar-refractivity contribution is 5.89. The molecule has 0 aliphatic rings. The minimum Gasteiger partial charge on any atom is -0.360 e. The first kappa shape index (κ1) is 13.1. The molecule has 2 rings (SSSR count). The zero-order valence-electron chi connectivity index (χ0n) is 10.9. The molecule has 8 heteroatoms. The molecule has 0 aliphatic heterocycles. The van der Waals surface area contributed by atoms with Crippen LogP contribution < -0.4 is 16.0 Å². The largest absolute Gasteiger partial charge is 0.360 e. The lowest BCUT2D eigenvalue weighted by Crippen LogP contribution is -2.26. The first-order chi connectivity index (χ1) is 9.24. The second-order valence-electron chi connectivity index (χ2n) is 3.98. The zero-order chi connectivity index (χ0) is 13.7. The summed E-state index contributed by atoms with van der Waals surface area (Å²) in [7, 11) is 1.59. The molecule has 0 spiro atoms. The summed E-state index contributed by atoms with van der Waals surface area (Å²) in [5, 5.41) is 16.1. The molecule has 0 unspecified atom stereocenters. The van der Waals surface area contributed by atoms with E-state index in [-0.39, 0.29) is 12.5 Å². The number of aromatic nitrogens is 4.